The molecule has 1 aromatic rings. The lowest BCUT2D eigenvalue weighted by molar-refractivity contribution is -0.134. The number of methoxy groups -OCH3 is 1. The van der Waals surface area contributed by atoms with Gasteiger partial charge < -0.3 is 14.4 Å². The lowest BCUT2D eigenvalue weighted by Crippen LogP contribution is -2.38. The number of rotatable bonds is 2. The summed E-state index contributed by atoms with van der Waals surface area (Å²) < 4.78 is 10.1. The molecule has 0 unspecified atom stereocenters. The highest BCUT2D eigenvalue weighted by Gasteiger charge is 2.24. The molecule has 0 spiro atoms. The second kappa shape index (κ2) is 7.51. The molecule has 0 bridgehead atoms. The number of hydrogen-bond donors (Lipinski definition) is 0. The summed E-state index contributed by atoms with van der Waals surface area (Å²) in [5, 5.41) is 0. The van der Waals surface area contributed by atoms with Gasteiger partial charge in [0, 0.05) is 19.2 Å². The van der Waals surface area contributed by atoms with Crippen LogP contribution in [0.5, 0.6) is 0 Å². The van der Waals surface area contributed by atoms with Crippen molar-refractivity contribution in [3.8, 4) is 0 Å². The second-order valence-corrected chi connectivity index (χ2v) is 6.85. The van der Waals surface area contributed by atoms with E-state index in [2.05, 4.69) is 16.9 Å². The fraction of sp³-hybridized carbons (Fsp3) is 0.474. The molecule has 1 amide bonds. The number of hydrogen-bond acceptors (Lipinski definition) is 4. The van der Waals surface area contributed by atoms with Crippen LogP contribution >= 0.6 is 0 Å². The Hall–Kier alpha value is -2.30. The maximum Gasteiger partial charge on any atom is 0.410 e. The average Bonchev–Trinajstić information content (AvgIpc) is 2.73. The van der Waals surface area contributed by atoms with Crippen LogP contribution in [-0.4, -0.2) is 42.8 Å². The molecule has 1 aromatic carbocycles. The molecular weight excluding hydrogens is 306 g/mol. The van der Waals surface area contributed by atoms with Crippen molar-refractivity contribution in [3.63, 3.8) is 0 Å². The molecule has 1 aliphatic heterocycles. The third-order valence-electron chi connectivity index (χ3n) is 3.80. The van der Waals surface area contributed by atoms with E-state index in [1.54, 1.807) is 11.0 Å². The molecule has 0 aromatic heterocycles. The first kappa shape index (κ1) is 18.0. The SMILES string of the molecule is COC(=O)C=Cc1ccc2c(c1)CCN(C(=O)OC(C)(C)C)CC2. The standard InChI is InChI=1S/C19H25NO4/c1-19(2,3)24-18(22)20-11-9-15-7-5-14(6-8-17(21)23-4)13-16(15)10-12-20/h5-8,13H,9-12H2,1-4H3. The van der Waals surface area contributed by atoms with Gasteiger partial charge >= 0.3 is 12.1 Å². The molecule has 0 aliphatic carbocycles. The molecule has 1 heterocycles. The zero-order valence-corrected chi connectivity index (χ0v) is 14.8. The first-order chi connectivity index (χ1) is 11.3. The zero-order chi connectivity index (χ0) is 17.7. The van der Waals surface area contributed by atoms with Gasteiger partial charge in [0.2, 0.25) is 0 Å². The number of carbonyl (C=O) groups is 2. The molecule has 130 valence electrons. The summed E-state index contributed by atoms with van der Waals surface area (Å²) in [6, 6.07) is 6.10. The second-order valence-electron chi connectivity index (χ2n) is 6.85. The van der Waals surface area contributed by atoms with Crippen LogP contribution < -0.4 is 0 Å². The molecule has 1 aliphatic rings. The monoisotopic (exact) mass is 331 g/mol. The van der Waals surface area contributed by atoms with Crippen LogP contribution in [0.1, 0.15) is 37.5 Å². The van der Waals surface area contributed by atoms with Crippen LogP contribution in [0.15, 0.2) is 24.3 Å². The van der Waals surface area contributed by atoms with Crippen molar-refractivity contribution in [1.29, 1.82) is 0 Å². The summed E-state index contributed by atoms with van der Waals surface area (Å²) in [4.78, 5) is 25.2. The lowest BCUT2D eigenvalue weighted by atomic mass is 10.00. The number of esters is 1. The van der Waals surface area contributed by atoms with Gasteiger partial charge in [-0.3, -0.25) is 0 Å². The first-order valence-corrected chi connectivity index (χ1v) is 8.14. The minimum atomic E-state index is -0.484. The van der Waals surface area contributed by atoms with Gasteiger partial charge in [-0.15, -0.1) is 0 Å². The number of benzene rings is 1. The Morgan fingerprint density at radius 2 is 1.79 bits per heavy atom. The van der Waals surface area contributed by atoms with Crippen LogP contribution in [0.2, 0.25) is 0 Å². The summed E-state index contributed by atoms with van der Waals surface area (Å²) in [5.41, 5.74) is 2.90. The maximum atomic E-state index is 12.2. The van der Waals surface area contributed by atoms with Crippen molar-refractivity contribution in [2.24, 2.45) is 0 Å². The van der Waals surface area contributed by atoms with E-state index in [1.807, 2.05) is 26.8 Å². The van der Waals surface area contributed by atoms with E-state index in [0.29, 0.717) is 13.1 Å². The number of carbonyl (C=O) groups excluding carboxylic acids is 2. The van der Waals surface area contributed by atoms with E-state index in [4.69, 9.17) is 4.74 Å². The fourth-order valence-electron chi connectivity index (χ4n) is 2.59. The molecule has 5 heteroatoms. The summed E-state index contributed by atoms with van der Waals surface area (Å²) in [6.45, 7) is 6.90. The average molecular weight is 331 g/mol. The smallest absolute Gasteiger partial charge is 0.410 e. The van der Waals surface area contributed by atoms with Gasteiger partial charge in [0.25, 0.3) is 0 Å². The summed E-state index contributed by atoms with van der Waals surface area (Å²) in [6.07, 6.45) is 4.46. The van der Waals surface area contributed by atoms with Gasteiger partial charge in [0.05, 0.1) is 7.11 Å². The van der Waals surface area contributed by atoms with E-state index < -0.39 is 5.60 Å². The van der Waals surface area contributed by atoms with Gasteiger partial charge in [-0.1, -0.05) is 18.2 Å². The maximum absolute atomic E-state index is 12.2. The van der Waals surface area contributed by atoms with Crippen LogP contribution in [0.3, 0.4) is 0 Å². The van der Waals surface area contributed by atoms with Gasteiger partial charge in [-0.05, 0) is 56.4 Å². The Labute approximate surface area is 143 Å². The molecule has 0 radical (unpaired) electrons. The van der Waals surface area contributed by atoms with E-state index in [0.717, 1.165) is 18.4 Å². The number of nitrogens with zero attached hydrogens (tertiary/aromatic N) is 1. The van der Waals surface area contributed by atoms with Crippen molar-refractivity contribution in [3.05, 3.63) is 41.0 Å². The topological polar surface area (TPSA) is 55.8 Å². The van der Waals surface area contributed by atoms with Gasteiger partial charge in [-0.25, -0.2) is 9.59 Å². The van der Waals surface area contributed by atoms with Crippen molar-refractivity contribution in [2.75, 3.05) is 20.2 Å². The number of fused-ring (bicyclic) bond motifs is 1. The largest absolute Gasteiger partial charge is 0.466 e. The summed E-state index contributed by atoms with van der Waals surface area (Å²) in [7, 11) is 1.36. The third kappa shape index (κ3) is 5.11. The summed E-state index contributed by atoms with van der Waals surface area (Å²) in [5.74, 6) is -0.374. The van der Waals surface area contributed by atoms with Gasteiger partial charge in [0.15, 0.2) is 0 Å². The number of amides is 1. The fourth-order valence-corrected chi connectivity index (χ4v) is 2.59. The highest BCUT2D eigenvalue weighted by atomic mass is 16.6. The van der Waals surface area contributed by atoms with Crippen LogP contribution in [0.25, 0.3) is 6.08 Å². The molecule has 0 saturated carbocycles. The summed E-state index contributed by atoms with van der Waals surface area (Å²) >= 11 is 0. The van der Waals surface area contributed by atoms with E-state index in [9.17, 15) is 9.59 Å². The third-order valence-corrected chi connectivity index (χ3v) is 3.80. The highest BCUT2D eigenvalue weighted by Crippen LogP contribution is 2.20. The van der Waals surface area contributed by atoms with Crippen molar-refractivity contribution >= 4 is 18.1 Å². The molecule has 2 rings (SSSR count). The van der Waals surface area contributed by atoms with E-state index >= 15 is 0 Å². The Morgan fingerprint density at radius 3 is 2.42 bits per heavy atom. The Bertz CT molecular complexity index is 643. The predicted octanol–water partition coefficient (Wildman–Crippen LogP) is 3.21. The van der Waals surface area contributed by atoms with Crippen molar-refractivity contribution < 1.29 is 19.1 Å². The molecule has 24 heavy (non-hydrogen) atoms. The van der Waals surface area contributed by atoms with Gasteiger partial charge in [0.1, 0.15) is 5.60 Å². The van der Waals surface area contributed by atoms with Crippen LogP contribution in [0.4, 0.5) is 4.79 Å². The Balaban J connectivity index is 2.06. The lowest BCUT2D eigenvalue weighted by Gasteiger charge is -2.26. The highest BCUT2D eigenvalue weighted by molar-refractivity contribution is 5.86. The Kier molecular flexibility index (Phi) is 5.65. The van der Waals surface area contributed by atoms with Gasteiger partial charge in [-0.2, -0.15) is 0 Å². The van der Waals surface area contributed by atoms with E-state index in [1.165, 1.54) is 24.3 Å². The molecule has 5 nitrogen and oxygen atoms in total. The van der Waals surface area contributed by atoms with Crippen molar-refractivity contribution in [2.45, 2.75) is 39.2 Å². The normalized spacial score (nSPS) is 14.9. The molecule has 0 fully saturated rings. The van der Waals surface area contributed by atoms with Crippen LogP contribution in [0, 0.1) is 0 Å². The molecular formula is C19H25NO4. The predicted molar refractivity (Wildman–Crippen MR) is 92.7 cm³/mol. The molecule has 0 N–H and O–H groups in total. The van der Waals surface area contributed by atoms with Crippen LogP contribution in [-0.2, 0) is 27.1 Å². The molecule has 0 atom stereocenters. The minimum absolute atomic E-state index is 0.263. The number of ether oxygens (including phenoxy) is 2. The zero-order valence-electron chi connectivity index (χ0n) is 14.8. The first-order valence-electron chi connectivity index (χ1n) is 8.14. The van der Waals surface area contributed by atoms with E-state index in [-0.39, 0.29) is 12.1 Å². The van der Waals surface area contributed by atoms with Crippen molar-refractivity contribution in [1.82, 2.24) is 4.90 Å². The minimum Gasteiger partial charge on any atom is -0.466 e. The molecule has 0 saturated heterocycles. The quantitative estimate of drug-likeness (QED) is 0.617. The Morgan fingerprint density at radius 1 is 1.12 bits per heavy atom.